The van der Waals surface area contributed by atoms with Crippen molar-refractivity contribution in [2.24, 2.45) is 0 Å². The fraction of sp³-hybridized carbons (Fsp3) is 0.600. The fourth-order valence-electron chi connectivity index (χ4n) is 0.652. The van der Waals surface area contributed by atoms with Crippen LogP contribution in [0.3, 0.4) is 0 Å². The van der Waals surface area contributed by atoms with E-state index >= 15 is 0 Å². The van der Waals surface area contributed by atoms with E-state index < -0.39 is 0 Å². The van der Waals surface area contributed by atoms with Crippen LogP contribution in [-0.2, 0) is 6.54 Å². The molecule has 0 aliphatic heterocycles. The van der Waals surface area contributed by atoms with E-state index in [0.29, 0.717) is 5.95 Å². The highest BCUT2D eigenvalue weighted by Crippen LogP contribution is 2.09. The SMILES string of the molecule is CCn1nc(SC)nc1N. The van der Waals surface area contributed by atoms with E-state index in [1.54, 1.807) is 4.68 Å². The lowest BCUT2D eigenvalue weighted by Crippen LogP contribution is -2.02. The molecule has 0 spiro atoms. The highest BCUT2D eigenvalue weighted by molar-refractivity contribution is 7.98. The van der Waals surface area contributed by atoms with Gasteiger partial charge < -0.3 is 5.73 Å². The van der Waals surface area contributed by atoms with Crippen LogP contribution in [0.4, 0.5) is 5.95 Å². The molecular formula is C5H10N4S. The van der Waals surface area contributed by atoms with Gasteiger partial charge in [0.05, 0.1) is 0 Å². The molecule has 0 radical (unpaired) electrons. The number of nitrogens with zero attached hydrogens (tertiary/aromatic N) is 3. The lowest BCUT2D eigenvalue weighted by atomic mass is 10.8. The second kappa shape index (κ2) is 2.92. The lowest BCUT2D eigenvalue weighted by Gasteiger charge is -1.92. The maximum Gasteiger partial charge on any atom is 0.219 e. The summed E-state index contributed by atoms with van der Waals surface area (Å²) in [6.07, 6.45) is 1.93. The van der Waals surface area contributed by atoms with E-state index in [0.717, 1.165) is 11.7 Å². The van der Waals surface area contributed by atoms with Gasteiger partial charge in [-0.05, 0) is 13.2 Å². The smallest absolute Gasteiger partial charge is 0.219 e. The Bertz CT molecular complexity index is 219. The number of nitrogen functional groups attached to an aromatic ring is 1. The molecule has 1 aromatic heterocycles. The summed E-state index contributed by atoms with van der Waals surface area (Å²) in [5, 5.41) is 4.83. The molecular weight excluding hydrogens is 148 g/mol. The Hall–Kier alpha value is -0.710. The van der Waals surface area contributed by atoms with E-state index in [1.165, 1.54) is 11.8 Å². The van der Waals surface area contributed by atoms with Crippen LogP contribution in [0.2, 0.25) is 0 Å². The van der Waals surface area contributed by atoms with Crippen molar-refractivity contribution in [1.29, 1.82) is 0 Å². The number of hydrogen-bond acceptors (Lipinski definition) is 4. The molecule has 4 nitrogen and oxygen atoms in total. The molecule has 10 heavy (non-hydrogen) atoms. The van der Waals surface area contributed by atoms with Crippen molar-refractivity contribution in [3.05, 3.63) is 0 Å². The molecule has 5 heteroatoms. The van der Waals surface area contributed by atoms with Gasteiger partial charge in [-0.1, -0.05) is 11.8 Å². The average Bonchev–Trinajstić information content (AvgIpc) is 2.30. The Morgan fingerprint density at radius 2 is 2.40 bits per heavy atom. The summed E-state index contributed by atoms with van der Waals surface area (Å²) in [7, 11) is 0. The van der Waals surface area contributed by atoms with Gasteiger partial charge in [-0.15, -0.1) is 5.10 Å². The van der Waals surface area contributed by atoms with E-state index in [-0.39, 0.29) is 0 Å². The number of hydrogen-bond donors (Lipinski definition) is 1. The summed E-state index contributed by atoms with van der Waals surface area (Å²) < 4.78 is 1.67. The zero-order valence-electron chi connectivity index (χ0n) is 6.03. The minimum atomic E-state index is 0.492. The van der Waals surface area contributed by atoms with Gasteiger partial charge >= 0.3 is 0 Å². The molecule has 0 fully saturated rings. The van der Waals surface area contributed by atoms with Gasteiger partial charge in [0.2, 0.25) is 11.1 Å². The van der Waals surface area contributed by atoms with Crippen molar-refractivity contribution < 1.29 is 0 Å². The number of aromatic nitrogens is 3. The van der Waals surface area contributed by atoms with Crippen molar-refractivity contribution in [2.75, 3.05) is 12.0 Å². The van der Waals surface area contributed by atoms with Gasteiger partial charge in [0.1, 0.15) is 0 Å². The maximum absolute atomic E-state index is 5.50. The Labute approximate surface area is 63.8 Å². The molecule has 1 aromatic rings. The van der Waals surface area contributed by atoms with Crippen LogP contribution in [0.15, 0.2) is 5.16 Å². The van der Waals surface area contributed by atoms with Crippen LogP contribution in [0.1, 0.15) is 6.92 Å². The number of aryl methyl sites for hydroxylation is 1. The number of nitrogens with two attached hydrogens (primary N) is 1. The standard InChI is InChI=1S/C5H10N4S/c1-3-9-4(6)7-5(8-9)10-2/h3H2,1-2H3,(H2,6,7,8). The molecule has 1 heterocycles. The van der Waals surface area contributed by atoms with Crippen molar-refractivity contribution in [3.8, 4) is 0 Å². The summed E-state index contributed by atoms with van der Waals surface area (Å²) in [5.74, 6) is 0.492. The fourth-order valence-corrected chi connectivity index (χ4v) is 1.02. The predicted molar refractivity (Wildman–Crippen MR) is 41.9 cm³/mol. The molecule has 0 unspecified atom stereocenters. The van der Waals surface area contributed by atoms with E-state index in [2.05, 4.69) is 10.1 Å². The third-order valence-electron chi connectivity index (χ3n) is 1.16. The number of thioether (sulfide) groups is 1. The normalized spacial score (nSPS) is 10.2. The second-order valence-electron chi connectivity index (χ2n) is 1.77. The van der Waals surface area contributed by atoms with Crippen molar-refractivity contribution >= 4 is 17.7 Å². The van der Waals surface area contributed by atoms with Crippen LogP contribution < -0.4 is 5.73 Å². The van der Waals surface area contributed by atoms with Crippen molar-refractivity contribution in [1.82, 2.24) is 14.8 Å². The van der Waals surface area contributed by atoms with Crippen LogP contribution in [0, 0.1) is 0 Å². The van der Waals surface area contributed by atoms with Crippen LogP contribution in [-0.4, -0.2) is 21.0 Å². The minimum absolute atomic E-state index is 0.492. The van der Waals surface area contributed by atoms with Gasteiger partial charge in [0.25, 0.3) is 0 Å². The Kier molecular flexibility index (Phi) is 2.16. The predicted octanol–water partition coefficient (Wildman–Crippen LogP) is 0.602. The summed E-state index contributed by atoms with van der Waals surface area (Å²) in [4.78, 5) is 3.99. The maximum atomic E-state index is 5.50. The van der Waals surface area contributed by atoms with Gasteiger partial charge in [-0.2, -0.15) is 4.98 Å². The van der Waals surface area contributed by atoms with Crippen LogP contribution >= 0.6 is 11.8 Å². The molecule has 1 rings (SSSR count). The van der Waals surface area contributed by atoms with Crippen molar-refractivity contribution in [2.45, 2.75) is 18.6 Å². The minimum Gasteiger partial charge on any atom is -0.368 e. The number of anilines is 1. The highest BCUT2D eigenvalue weighted by Gasteiger charge is 2.01. The number of rotatable bonds is 2. The van der Waals surface area contributed by atoms with E-state index in [4.69, 9.17) is 5.73 Å². The summed E-state index contributed by atoms with van der Waals surface area (Å²) in [5.41, 5.74) is 5.50. The Morgan fingerprint density at radius 3 is 2.70 bits per heavy atom. The van der Waals surface area contributed by atoms with Crippen LogP contribution in [0.5, 0.6) is 0 Å². The Balaban J connectivity index is 2.92. The summed E-state index contributed by atoms with van der Waals surface area (Å²) >= 11 is 1.50. The molecule has 0 aliphatic carbocycles. The molecule has 0 aliphatic rings. The largest absolute Gasteiger partial charge is 0.368 e. The first-order valence-corrected chi connectivity index (χ1v) is 4.24. The first-order chi connectivity index (χ1) is 4.77. The molecule has 0 amide bonds. The van der Waals surface area contributed by atoms with Crippen molar-refractivity contribution in [3.63, 3.8) is 0 Å². The topological polar surface area (TPSA) is 56.7 Å². The highest BCUT2D eigenvalue weighted by atomic mass is 32.2. The molecule has 0 saturated heterocycles. The quantitative estimate of drug-likeness (QED) is 0.640. The van der Waals surface area contributed by atoms with E-state index in [9.17, 15) is 0 Å². The van der Waals surface area contributed by atoms with Gasteiger partial charge in [-0.3, -0.25) is 0 Å². The first kappa shape index (κ1) is 7.40. The zero-order valence-corrected chi connectivity index (χ0v) is 6.85. The molecule has 0 bridgehead atoms. The zero-order chi connectivity index (χ0) is 7.56. The first-order valence-electron chi connectivity index (χ1n) is 3.02. The monoisotopic (exact) mass is 158 g/mol. The van der Waals surface area contributed by atoms with Crippen LogP contribution in [0.25, 0.3) is 0 Å². The molecule has 0 saturated carbocycles. The molecule has 2 N–H and O–H groups in total. The van der Waals surface area contributed by atoms with Gasteiger partial charge in [-0.25, -0.2) is 4.68 Å². The lowest BCUT2D eigenvalue weighted by molar-refractivity contribution is 0.650. The summed E-state index contributed by atoms with van der Waals surface area (Å²) in [6.45, 7) is 2.76. The van der Waals surface area contributed by atoms with E-state index in [1.807, 2.05) is 13.2 Å². The average molecular weight is 158 g/mol. The summed E-state index contributed by atoms with van der Waals surface area (Å²) in [6, 6.07) is 0. The third kappa shape index (κ3) is 1.23. The van der Waals surface area contributed by atoms with Gasteiger partial charge in [0.15, 0.2) is 0 Å². The third-order valence-corrected chi connectivity index (χ3v) is 1.70. The second-order valence-corrected chi connectivity index (χ2v) is 2.55. The molecule has 0 aromatic carbocycles. The van der Waals surface area contributed by atoms with Gasteiger partial charge in [0, 0.05) is 6.54 Å². The molecule has 0 atom stereocenters. The Morgan fingerprint density at radius 1 is 1.70 bits per heavy atom. The molecule has 56 valence electrons.